The van der Waals surface area contributed by atoms with E-state index in [0.717, 1.165) is 35.2 Å². The quantitative estimate of drug-likeness (QED) is 0.921. The molecule has 0 bridgehead atoms. The van der Waals surface area contributed by atoms with Gasteiger partial charge in [0.1, 0.15) is 0 Å². The van der Waals surface area contributed by atoms with E-state index < -0.39 is 0 Å². The minimum Gasteiger partial charge on any atom is -0.391 e. The van der Waals surface area contributed by atoms with Gasteiger partial charge in [0.05, 0.1) is 23.3 Å². The molecule has 5 heteroatoms. The molecule has 1 aromatic heterocycles. The van der Waals surface area contributed by atoms with Gasteiger partial charge in [-0.15, -0.1) is 0 Å². The van der Waals surface area contributed by atoms with Gasteiger partial charge in [-0.1, -0.05) is 18.3 Å². The van der Waals surface area contributed by atoms with Gasteiger partial charge >= 0.3 is 0 Å². The second-order valence-corrected chi connectivity index (χ2v) is 6.79. The van der Waals surface area contributed by atoms with E-state index in [2.05, 4.69) is 11.8 Å². The highest BCUT2D eigenvalue weighted by molar-refractivity contribution is 7.15. The van der Waals surface area contributed by atoms with E-state index in [-0.39, 0.29) is 6.61 Å². The van der Waals surface area contributed by atoms with Crippen molar-refractivity contribution in [2.24, 2.45) is 5.92 Å². The fraction of sp³-hybridized carbons (Fsp3) is 0.786. The predicted octanol–water partition coefficient (Wildman–Crippen LogP) is 2.37. The first-order valence-electron chi connectivity index (χ1n) is 7.11. The number of aromatic nitrogens is 1. The van der Waals surface area contributed by atoms with E-state index >= 15 is 0 Å². The number of aliphatic hydroxyl groups excluding tert-OH is 1. The Morgan fingerprint density at radius 3 is 2.84 bits per heavy atom. The van der Waals surface area contributed by atoms with Crippen molar-refractivity contribution < 1.29 is 9.84 Å². The zero-order valence-electron chi connectivity index (χ0n) is 11.6. The first-order chi connectivity index (χ1) is 9.22. The normalized spacial score (nSPS) is 27.8. The summed E-state index contributed by atoms with van der Waals surface area (Å²) < 4.78 is 5.56. The van der Waals surface area contributed by atoms with Crippen LogP contribution in [0, 0.1) is 5.92 Å². The average molecular weight is 282 g/mol. The van der Waals surface area contributed by atoms with E-state index in [9.17, 15) is 5.11 Å². The maximum absolute atomic E-state index is 9.47. The fourth-order valence-electron chi connectivity index (χ4n) is 2.79. The van der Waals surface area contributed by atoms with E-state index in [1.54, 1.807) is 18.4 Å². The number of hydrogen-bond acceptors (Lipinski definition) is 5. The molecule has 0 aromatic carbocycles. The lowest BCUT2D eigenvalue weighted by atomic mass is 9.96. The number of ether oxygens (including phenoxy) is 1. The molecular formula is C14H22N2O2S. The molecule has 1 N–H and O–H groups in total. The molecule has 4 nitrogen and oxygen atoms in total. The second kappa shape index (κ2) is 5.38. The molecule has 1 aromatic rings. The molecule has 2 aliphatic rings. The van der Waals surface area contributed by atoms with Crippen molar-refractivity contribution in [3.8, 4) is 0 Å². The number of anilines is 1. The lowest BCUT2D eigenvalue weighted by Crippen LogP contribution is -2.43. The van der Waals surface area contributed by atoms with Crippen molar-refractivity contribution in [1.29, 1.82) is 0 Å². The van der Waals surface area contributed by atoms with Gasteiger partial charge in [-0.05, 0) is 25.2 Å². The minimum atomic E-state index is 0.126. The molecule has 106 valence electrons. The summed E-state index contributed by atoms with van der Waals surface area (Å²) in [6.45, 7) is 4.34. The standard InChI is InChI=1S/C14H22N2O2S/c1-9-5-6-16(7-11(9)18-2)14-15-13(10-3-4-10)12(8-17)19-14/h9-11,17H,3-8H2,1-2H3. The number of thiazole rings is 1. The molecule has 1 saturated heterocycles. The van der Waals surface area contributed by atoms with Crippen LogP contribution in [0.15, 0.2) is 0 Å². The molecule has 2 unspecified atom stereocenters. The first kappa shape index (κ1) is 13.3. The smallest absolute Gasteiger partial charge is 0.185 e. The summed E-state index contributed by atoms with van der Waals surface area (Å²) in [6, 6.07) is 0. The number of methoxy groups -OCH3 is 1. The van der Waals surface area contributed by atoms with Gasteiger partial charge in [-0.25, -0.2) is 4.98 Å². The Bertz CT molecular complexity index is 445. The van der Waals surface area contributed by atoms with Crippen LogP contribution in [0.3, 0.4) is 0 Å². The molecule has 1 aliphatic heterocycles. The molecule has 2 fully saturated rings. The van der Waals surface area contributed by atoms with Crippen molar-refractivity contribution in [2.45, 2.75) is 44.8 Å². The van der Waals surface area contributed by atoms with Crippen LogP contribution in [-0.4, -0.2) is 36.4 Å². The highest BCUT2D eigenvalue weighted by Gasteiger charge is 2.32. The van der Waals surface area contributed by atoms with E-state index in [4.69, 9.17) is 9.72 Å². The van der Waals surface area contributed by atoms with Crippen molar-refractivity contribution >= 4 is 16.5 Å². The van der Waals surface area contributed by atoms with Crippen LogP contribution >= 0.6 is 11.3 Å². The van der Waals surface area contributed by atoms with Gasteiger partial charge in [-0.2, -0.15) is 0 Å². The summed E-state index contributed by atoms with van der Waals surface area (Å²) >= 11 is 1.66. The monoisotopic (exact) mass is 282 g/mol. The lowest BCUT2D eigenvalue weighted by Gasteiger charge is -2.36. The Hall–Kier alpha value is -0.650. The van der Waals surface area contributed by atoms with Gasteiger partial charge in [0, 0.05) is 26.1 Å². The highest BCUT2D eigenvalue weighted by Crippen LogP contribution is 2.44. The third-order valence-electron chi connectivity index (χ3n) is 4.29. The molecule has 0 radical (unpaired) electrons. The van der Waals surface area contributed by atoms with E-state index in [1.165, 1.54) is 12.8 Å². The zero-order valence-corrected chi connectivity index (χ0v) is 12.4. The van der Waals surface area contributed by atoms with Gasteiger partial charge in [0.25, 0.3) is 0 Å². The van der Waals surface area contributed by atoms with Gasteiger partial charge in [-0.3, -0.25) is 0 Å². The summed E-state index contributed by atoms with van der Waals surface area (Å²) in [5.74, 6) is 1.22. The van der Waals surface area contributed by atoms with Gasteiger partial charge in [0.15, 0.2) is 5.13 Å². The van der Waals surface area contributed by atoms with E-state index in [1.807, 2.05) is 0 Å². The van der Waals surface area contributed by atoms with E-state index in [0.29, 0.717) is 17.9 Å². The lowest BCUT2D eigenvalue weighted by molar-refractivity contribution is 0.0498. The molecule has 19 heavy (non-hydrogen) atoms. The zero-order chi connectivity index (χ0) is 13.4. The van der Waals surface area contributed by atoms with Gasteiger partial charge < -0.3 is 14.7 Å². The van der Waals surface area contributed by atoms with Crippen molar-refractivity contribution in [3.63, 3.8) is 0 Å². The number of rotatable bonds is 4. The Labute approximate surface area is 118 Å². The summed E-state index contributed by atoms with van der Waals surface area (Å²) in [5, 5.41) is 10.5. The van der Waals surface area contributed by atoms with Crippen LogP contribution in [0.5, 0.6) is 0 Å². The van der Waals surface area contributed by atoms with Gasteiger partial charge in [0.2, 0.25) is 0 Å². The molecular weight excluding hydrogens is 260 g/mol. The average Bonchev–Trinajstić information content (AvgIpc) is 3.19. The van der Waals surface area contributed by atoms with Crippen LogP contribution in [0.4, 0.5) is 5.13 Å². The van der Waals surface area contributed by atoms with Crippen molar-refractivity contribution in [2.75, 3.05) is 25.1 Å². The Balaban J connectivity index is 1.78. The number of nitrogens with zero attached hydrogens (tertiary/aromatic N) is 2. The molecule has 1 aliphatic carbocycles. The van der Waals surface area contributed by atoms with Crippen LogP contribution in [0.25, 0.3) is 0 Å². The highest BCUT2D eigenvalue weighted by atomic mass is 32.1. The summed E-state index contributed by atoms with van der Waals surface area (Å²) in [5.41, 5.74) is 1.15. The second-order valence-electron chi connectivity index (χ2n) is 5.72. The Kier molecular flexibility index (Phi) is 3.78. The largest absolute Gasteiger partial charge is 0.391 e. The van der Waals surface area contributed by atoms with Crippen LogP contribution in [-0.2, 0) is 11.3 Å². The molecule has 3 rings (SSSR count). The maximum Gasteiger partial charge on any atom is 0.185 e. The molecule has 0 spiro atoms. The van der Waals surface area contributed by atoms with Crippen LogP contribution in [0.1, 0.15) is 42.7 Å². The third-order valence-corrected chi connectivity index (χ3v) is 5.40. The first-order valence-corrected chi connectivity index (χ1v) is 7.92. The SMILES string of the molecule is COC1CN(c2nc(C3CC3)c(CO)s2)CCC1C. The van der Waals surface area contributed by atoms with Crippen LogP contribution < -0.4 is 4.90 Å². The topological polar surface area (TPSA) is 45.6 Å². The summed E-state index contributed by atoms with van der Waals surface area (Å²) in [4.78, 5) is 8.17. The maximum atomic E-state index is 9.47. The van der Waals surface area contributed by atoms with Crippen molar-refractivity contribution in [3.05, 3.63) is 10.6 Å². The molecule has 0 amide bonds. The van der Waals surface area contributed by atoms with Crippen LogP contribution in [0.2, 0.25) is 0 Å². The third kappa shape index (κ3) is 2.64. The fourth-order valence-corrected chi connectivity index (χ4v) is 3.83. The number of aliphatic hydroxyl groups is 1. The summed E-state index contributed by atoms with van der Waals surface area (Å²) in [6.07, 6.45) is 3.90. The predicted molar refractivity (Wildman–Crippen MR) is 76.8 cm³/mol. The number of piperidine rings is 1. The molecule has 1 saturated carbocycles. The molecule has 2 heterocycles. The molecule has 2 atom stereocenters. The van der Waals surface area contributed by atoms with Crippen molar-refractivity contribution in [1.82, 2.24) is 4.98 Å². The Morgan fingerprint density at radius 2 is 2.21 bits per heavy atom. The minimum absolute atomic E-state index is 0.126. The Morgan fingerprint density at radius 1 is 1.42 bits per heavy atom. The number of hydrogen-bond donors (Lipinski definition) is 1. The summed E-state index contributed by atoms with van der Waals surface area (Å²) in [7, 11) is 1.79.